The highest BCUT2D eigenvalue weighted by atomic mass is 16.6. The van der Waals surface area contributed by atoms with E-state index in [1.807, 2.05) is 31.2 Å². The number of rotatable bonds is 5. The summed E-state index contributed by atoms with van der Waals surface area (Å²) in [6.45, 7) is 1.97. The molecule has 0 aliphatic carbocycles. The lowest BCUT2D eigenvalue weighted by atomic mass is 10.1. The number of ether oxygens (including phenoxy) is 1. The summed E-state index contributed by atoms with van der Waals surface area (Å²) < 4.78 is 5.78. The predicted octanol–water partition coefficient (Wildman–Crippen LogP) is 2.28. The van der Waals surface area contributed by atoms with Crippen LogP contribution >= 0.6 is 0 Å². The molecular formula is C16H17N3O3. The van der Waals surface area contributed by atoms with Gasteiger partial charge in [0.15, 0.2) is 5.71 Å². The minimum atomic E-state index is -0.385. The number of carbonyl (C=O) groups is 1. The zero-order valence-corrected chi connectivity index (χ0v) is 12.7. The number of benzene rings is 1. The Bertz CT molecular complexity index is 699. The zero-order valence-electron chi connectivity index (χ0n) is 12.7. The standard InChI is InChI=1S/C16H17N3O3/c1-11-6-4-7-12(10-11)22-16-13(8-5-9-18-16)14(19-21-3)15(20)17-2/h4-10H,1-3H3,(H,17,20). The average Bonchev–Trinajstić information content (AvgIpc) is 2.53. The normalized spacial score (nSPS) is 11.0. The lowest BCUT2D eigenvalue weighted by molar-refractivity contribution is -0.114. The van der Waals surface area contributed by atoms with E-state index in [0.29, 0.717) is 11.3 Å². The van der Waals surface area contributed by atoms with Gasteiger partial charge in [0, 0.05) is 13.2 Å². The number of nitrogens with zero attached hydrogens (tertiary/aromatic N) is 2. The molecule has 1 N–H and O–H groups in total. The number of oxime groups is 1. The number of hydrogen-bond donors (Lipinski definition) is 1. The molecule has 2 aromatic rings. The molecule has 2 rings (SSSR count). The highest BCUT2D eigenvalue weighted by Gasteiger charge is 2.19. The SMILES string of the molecule is CNC(=O)C(=NOC)c1cccnc1Oc1cccc(C)c1. The Morgan fingerprint density at radius 2 is 2.09 bits per heavy atom. The molecule has 114 valence electrons. The molecule has 1 aromatic heterocycles. The number of aryl methyl sites for hydroxylation is 1. The molecule has 0 aliphatic rings. The lowest BCUT2D eigenvalue weighted by Gasteiger charge is -2.11. The molecule has 22 heavy (non-hydrogen) atoms. The van der Waals surface area contributed by atoms with Crippen molar-refractivity contribution in [2.24, 2.45) is 5.16 Å². The van der Waals surface area contributed by atoms with Crippen LogP contribution in [0.15, 0.2) is 47.8 Å². The predicted molar refractivity (Wildman–Crippen MR) is 83.1 cm³/mol. The van der Waals surface area contributed by atoms with Crippen molar-refractivity contribution in [2.45, 2.75) is 6.92 Å². The van der Waals surface area contributed by atoms with Crippen molar-refractivity contribution >= 4 is 11.6 Å². The Morgan fingerprint density at radius 3 is 2.77 bits per heavy atom. The Balaban J connectivity index is 2.41. The highest BCUT2D eigenvalue weighted by molar-refractivity contribution is 6.45. The molecule has 1 amide bonds. The van der Waals surface area contributed by atoms with E-state index in [-0.39, 0.29) is 17.5 Å². The van der Waals surface area contributed by atoms with Gasteiger partial charge < -0.3 is 14.9 Å². The van der Waals surface area contributed by atoms with Gasteiger partial charge in [0.2, 0.25) is 5.88 Å². The Hall–Kier alpha value is -2.89. The Labute approximate surface area is 128 Å². The number of hydrogen-bond acceptors (Lipinski definition) is 5. The number of aromatic nitrogens is 1. The van der Waals surface area contributed by atoms with Crippen LogP contribution in [-0.2, 0) is 9.63 Å². The topological polar surface area (TPSA) is 72.8 Å². The molecule has 6 heteroatoms. The van der Waals surface area contributed by atoms with Gasteiger partial charge in [-0.3, -0.25) is 4.79 Å². The second kappa shape index (κ2) is 7.21. The van der Waals surface area contributed by atoms with Gasteiger partial charge in [-0.2, -0.15) is 0 Å². The summed E-state index contributed by atoms with van der Waals surface area (Å²) in [7, 11) is 2.89. The summed E-state index contributed by atoms with van der Waals surface area (Å²) in [6.07, 6.45) is 1.59. The fraction of sp³-hybridized carbons (Fsp3) is 0.188. The van der Waals surface area contributed by atoms with E-state index in [2.05, 4.69) is 15.5 Å². The van der Waals surface area contributed by atoms with Gasteiger partial charge >= 0.3 is 0 Å². The zero-order chi connectivity index (χ0) is 15.9. The van der Waals surface area contributed by atoms with Crippen LogP contribution in [-0.4, -0.2) is 30.8 Å². The Kier molecular flexibility index (Phi) is 5.08. The van der Waals surface area contributed by atoms with E-state index >= 15 is 0 Å². The van der Waals surface area contributed by atoms with Gasteiger partial charge in [0.1, 0.15) is 12.9 Å². The number of pyridine rings is 1. The highest BCUT2D eigenvalue weighted by Crippen LogP contribution is 2.24. The Morgan fingerprint density at radius 1 is 1.27 bits per heavy atom. The van der Waals surface area contributed by atoms with Crippen molar-refractivity contribution in [3.05, 3.63) is 53.7 Å². The maximum atomic E-state index is 12.0. The number of amides is 1. The molecule has 0 unspecified atom stereocenters. The summed E-state index contributed by atoms with van der Waals surface area (Å²) in [6, 6.07) is 11.0. The van der Waals surface area contributed by atoms with Crippen molar-refractivity contribution in [1.82, 2.24) is 10.3 Å². The van der Waals surface area contributed by atoms with Crippen molar-refractivity contribution in [3.63, 3.8) is 0 Å². The molecule has 0 spiro atoms. The fourth-order valence-corrected chi connectivity index (χ4v) is 1.87. The number of nitrogens with one attached hydrogen (secondary N) is 1. The first-order valence-electron chi connectivity index (χ1n) is 6.69. The van der Waals surface area contributed by atoms with Gasteiger partial charge in [-0.05, 0) is 36.8 Å². The first kappa shape index (κ1) is 15.5. The minimum absolute atomic E-state index is 0.0979. The van der Waals surface area contributed by atoms with Gasteiger partial charge in [-0.25, -0.2) is 4.98 Å². The third kappa shape index (κ3) is 3.60. The fourth-order valence-electron chi connectivity index (χ4n) is 1.87. The van der Waals surface area contributed by atoms with Crippen LogP contribution in [0.25, 0.3) is 0 Å². The van der Waals surface area contributed by atoms with E-state index in [4.69, 9.17) is 9.57 Å². The van der Waals surface area contributed by atoms with Crippen LogP contribution in [0, 0.1) is 6.92 Å². The third-order valence-corrected chi connectivity index (χ3v) is 2.86. The van der Waals surface area contributed by atoms with Gasteiger partial charge in [0.05, 0.1) is 5.56 Å². The molecule has 0 saturated heterocycles. The van der Waals surface area contributed by atoms with Gasteiger partial charge in [-0.1, -0.05) is 17.3 Å². The van der Waals surface area contributed by atoms with Crippen LogP contribution in [0.4, 0.5) is 0 Å². The molecule has 6 nitrogen and oxygen atoms in total. The van der Waals surface area contributed by atoms with Crippen LogP contribution in [0.1, 0.15) is 11.1 Å². The third-order valence-electron chi connectivity index (χ3n) is 2.86. The second-order valence-corrected chi connectivity index (χ2v) is 4.48. The van der Waals surface area contributed by atoms with E-state index in [0.717, 1.165) is 5.56 Å². The van der Waals surface area contributed by atoms with E-state index in [9.17, 15) is 4.79 Å². The lowest BCUT2D eigenvalue weighted by Crippen LogP contribution is -2.29. The van der Waals surface area contributed by atoms with E-state index in [1.165, 1.54) is 14.2 Å². The molecule has 0 atom stereocenters. The van der Waals surface area contributed by atoms with Crippen LogP contribution in [0.3, 0.4) is 0 Å². The van der Waals surface area contributed by atoms with Crippen LogP contribution < -0.4 is 10.1 Å². The van der Waals surface area contributed by atoms with Crippen molar-refractivity contribution in [2.75, 3.05) is 14.2 Å². The first-order chi connectivity index (χ1) is 10.7. The van der Waals surface area contributed by atoms with E-state index < -0.39 is 0 Å². The molecular weight excluding hydrogens is 282 g/mol. The quantitative estimate of drug-likeness (QED) is 0.679. The molecule has 0 saturated carbocycles. The average molecular weight is 299 g/mol. The van der Waals surface area contributed by atoms with Gasteiger partial charge in [0.25, 0.3) is 5.91 Å². The summed E-state index contributed by atoms with van der Waals surface area (Å²) in [5.74, 6) is 0.532. The maximum Gasteiger partial charge on any atom is 0.273 e. The largest absolute Gasteiger partial charge is 0.438 e. The molecule has 1 aromatic carbocycles. The van der Waals surface area contributed by atoms with Crippen LogP contribution in [0.2, 0.25) is 0 Å². The van der Waals surface area contributed by atoms with Crippen molar-refractivity contribution in [3.8, 4) is 11.6 Å². The molecule has 0 fully saturated rings. The molecule has 0 bridgehead atoms. The number of likely N-dealkylation sites (N-methyl/N-ethyl adjacent to an activating group) is 1. The van der Waals surface area contributed by atoms with Crippen molar-refractivity contribution < 1.29 is 14.4 Å². The first-order valence-corrected chi connectivity index (χ1v) is 6.69. The maximum absolute atomic E-state index is 12.0. The summed E-state index contributed by atoms with van der Waals surface area (Å²) in [4.78, 5) is 20.9. The van der Waals surface area contributed by atoms with Crippen molar-refractivity contribution in [1.29, 1.82) is 0 Å². The summed E-state index contributed by atoms with van der Waals surface area (Å²) in [5.41, 5.74) is 1.61. The summed E-state index contributed by atoms with van der Waals surface area (Å²) in [5, 5.41) is 6.29. The molecule has 1 heterocycles. The monoisotopic (exact) mass is 299 g/mol. The minimum Gasteiger partial charge on any atom is -0.438 e. The van der Waals surface area contributed by atoms with E-state index in [1.54, 1.807) is 18.3 Å². The summed E-state index contributed by atoms with van der Waals surface area (Å²) >= 11 is 0. The molecule has 0 aliphatic heterocycles. The molecule has 0 radical (unpaired) electrons. The smallest absolute Gasteiger partial charge is 0.273 e. The van der Waals surface area contributed by atoms with Gasteiger partial charge in [-0.15, -0.1) is 0 Å². The second-order valence-electron chi connectivity index (χ2n) is 4.48. The number of carbonyl (C=O) groups excluding carboxylic acids is 1. The van der Waals surface area contributed by atoms with Crippen LogP contribution in [0.5, 0.6) is 11.6 Å².